The summed E-state index contributed by atoms with van der Waals surface area (Å²) in [5.41, 5.74) is -0.0527. The lowest BCUT2D eigenvalue weighted by Gasteiger charge is -2.22. The van der Waals surface area contributed by atoms with Crippen LogP contribution in [0.5, 0.6) is 0 Å². The zero-order valence-corrected chi connectivity index (χ0v) is 9.76. The molecule has 0 radical (unpaired) electrons. The Balaban J connectivity index is 2.63. The molecule has 0 aromatic carbocycles. The number of nitrogens with zero attached hydrogens (tertiary/aromatic N) is 2. The minimum Gasteiger partial charge on any atom is -0.238 e. The van der Waals surface area contributed by atoms with Crippen LogP contribution in [0.15, 0.2) is 12.4 Å². The van der Waals surface area contributed by atoms with Crippen LogP contribution in [0.1, 0.15) is 52.3 Å². The third kappa shape index (κ3) is 3.57. The second-order valence-corrected chi connectivity index (χ2v) is 4.57. The lowest BCUT2D eigenvalue weighted by Crippen LogP contribution is -2.20. The highest BCUT2D eigenvalue weighted by Crippen LogP contribution is 2.25. The van der Waals surface area contributed by atoms with Crippen LogP contribution in [-0.4, -0.2) is 9.97 Å². The van der Waals surface area contributed by atoms with Gasteiger partial charge in [0.05, 0.1) is 12.4 Å². The molecule has 15 heavy (non-hydrogen) atoms. The Bertz CT molecular complexity index is 293. The predicted octanol–water partition coefficient (Wildman–Crippen LogP) is 3.47. The summed E-state index contributed by atoms with van der Waals surface area (Å²) < 4.78 is 12.7. The van der Waals surface area contributed by atoms with Crippen LogP contribution in [0.2, 0.25) is 0 Å². The summed E-state index contributed by atoms with van der Waals surface area (Å²) >= 11 is 0. The van der Waals surface area contributed by atoms with Crippen LogP contribution in [0.4, 0.5) is 4.39 Å². The van der Waals surface area contributed by atoms with E-state index in [9.17, 15) is 4.39 Å². The Morgan fingerprint density at radius 3 is 2.33 bits per heavy atom. The van der Waals surface area contributed by atoms with Crippen molar-refractivity contribution in [3.8, 4) is 0 Å². The number of hydrogen-bond acceptors (Lipinski definition) is 2. The minimum absolute atomic E-state index is 0.0527. The first-order chi connectivity index (χ1) is 7.06. The van der Waals surface area contributed by atoms with Gasteiger partial charge in [-0.05, 0) is 6.42 Å². The van der Waals surface area contributed by atoms with Crippen molar-refractivity contribution in [2.24, 2.45) is 0 Å². The average molecular weight is 210 g/mol. The quantitative estimate of drug-likeness (QED) is 0.695. The summed E-state index contributed by atoms with van der Waals surface area (Å²) in [4.78, 5) is 8.09. The van der Waals surface area contributed by atoms with E-state index < -0.39 is 0 Å². The van der Waals surface area contributed by atoms with E-state index in [2.05, 4.69) is 30.7 Å². The third-order valence-corrected chi connectivity index (χ3v) is 2.63. The Morgan fingerprint density at radius 2 is 1.80 bits per heavy atom. The van der Waals surface area contributed by atoms with E-state index >= 15 is 0 Å². The normalized spacial score (nSPS) is 11.7. The first kappa shape index (κ1) is 12.1. The van der Waals surface area contributed by atoms with Crippen molar-refractivity contribution < 1.29 is 4.39 Å². The monoisotopic (exact) mass is 210 g/mol. The maximum absolute atomic E-state index is 12.7. The molecule has 3 heteroatoms. The summed E-state index contributed by atoms with van der Waals surface area (Å²) in [6.07, 6.45) is 7.13. The molecular formula is C12H19FN2. The fraction of sp³-hybridized carbons (Fsp3) is 0.667. The summed E-state index contributed by atoms with van der Waals surface area (Å²) in [5, 5.41) is 0. The number of rotatable bonds is 5. The molecule has 1 rings (SSSR count). The summed E-state index contributed by atoms with van der Waals surface area (Å²) in [7, 11) is 0. The van der Waals surface area contributed by atoms with Crippen LogP contribution < -0.4 is 0 Å². The average Bonchev–Trinajstić information content (AvgIpc) is 2.18. The van der Waals surface area contributed by atoms with Crippen molar-refractivity contribution in [2.75, 3.05) is 0 Å². The molecule has 0 atom stereocenters. The Labute approximate surface area is 91.0 Å². The van der Waals surface area contributed by atoms with Crippen LogP contribution in [-0.2, 0) is 5.41 Å². The predicted molar refractivity (Wildman–Crippen MR) is 59.2 cm³/mol. The van der Waals surface area contributed by atoms with Gasteiger partial charge in [0.15, 0.2) is 5.82 Å². The number of halogens is 1. The highest BCUT2D eigenvalue weighted by molar-refractivity contribution is 5.04. The smallest absolute Gasteiger partial charge is 0.159 e. The molecule has 1 aromatic heterocycles. The van der Waals surface area contributed by atoms with Gasteiger partial charge in [-0.2, -0.15) is 0 Å². The van der Waals surface area contributed by atoms with Gasteiger partial charge in [-0.25, -0.2) is 14.4 Å². The molecule has 2 nitrogen and oxygen atoms in total. The van der Waals surface area contributed by atoms with Gasteiger partial charge >= 0.3 is 0 Å². The lowest BCUT2D eigenvalue weighted by molar-refractivity contribution is 0.422. The lowest BCUT2D eigenvalue weighted by atomic mass is 9.86. The fourth-order valence-corrected chi connectivity index (χ4v) is 1.59. The van der Waals surface area contributed by atoms with E-state index in [0.717, 1.165) is 12.2 Å². The zero-order chi connectivity index (χ0) is 11.3. The van der Waals surface area contributed by atoms with E-state index in [0.29, 0.717) is 0 Å². The van der Waals surface area contributed by atoms with Crippen LogP contribution in [0, 0.1) is 5.82 Å². The first-order valence-corrected chi connectivity index (χ1v) is 5.54. The van der Waals surface area contributed by atoms with Gasteiger partial charge in [0.1, 0.15) is 5.82 Å². The molecule has 0 spiro atoms. The molecule has 0 N–H and O–H groups in total. The van der Waals surface area contributed by atoms with Crippen molar-refractivity contribution >= 4 is 0 Å². The Morgan fingerprint density at radius 1 is 1.20 bits per heavy atom. The molecule has 84 valence electrons. The number of unbranched alkanes of at least 4 members (excludes halogenated alkanes) is 2. The van der Waals surface area contributed by atoms with E-state index in [1.54, 1.807) is 0 Å². The number of hydrogen-bond donors (Lipinski definition) is 0. The molecule has 0 aliphatic rings. The van der Waals surface area contributed by atoms with Gasteiger partial charge in [0.25, 0.3) is 0 Å². The maximum atomic E-state index is 12.7. The summed E-state index contributed by atoms with van der Waals surface area (Å²) in [6, 6.07) is 0. The topological polar surface area (TPSA) is 25.8 Å². The molecule has 0 saturated heterocycles. The van der Waals surface area contributed by atoms with Crippen LogP contribution in [0.25, 0.3) is 0 Å². The highest BCUT2D eigenvalue weighted by Gasteiger charge is 2.22. The van der Waals surface area contributed by atoms with Gasteiger partial charge in [-0.15, -0.1) is 0 Å². The largest absolute Gasteiger partial charge is 0.238 e. The Kier molecular flexibility index (Phi) is 4.18. The molecular weight excluding hydrogens is 191 g/mol. The zero-order valence-electron chi connectivity index (χ0n) is 9.76. The van der Waals surface area contributed by atoms with Crippen LogP contribution >= 0.6 is 0 Å². The van der Waals surface area contributed by atoms with Gasteiger partial charge in [-0.3, -0.25) is 0 Å². The molecule has 1 aromatic rings. The molecule has 0 unspecified atom stereocenters. The molecule has 0 amide bonds. The molecule has 0 saturated carbocycles. The number of aromatic nitrogens is 2. The maximum Gasteiger partial charge on any atom is 0.159 e. The van der Waals surface area contributed by atoms with Crippen molar-refractivity contribution in [3.05, 3.63) is 24.0 Å². The van der Waals surface area contributed by atoms with Crippen LogP contribution in [0.3, 0.4) is 0 Å². The fourth-order valence-electron chi connectivity index (χ4n) is 1.59. The van der Waals surface area contributed by atoms with E-state index in [1.165, 1.54) is 31.7 Å². The van der Waals surface area contributed by atoms with E-state index in [4.69, 9.17) is 0 Å². The standard InChI is InChI=1S/C12H19FN2/c1-4-5-6-7-12(2,3)11-14-8-10(13)9-15-11/h8-9H,4-7H2,1-3H3. The molecule has 0 aliphatic heterocycles. The van der Waals surface area contributed by atoms with Crippen molar-refractivity contribution in [2.45, 2.75) is 51.9 Å². The second kappa shape index (κ2) is 5.19. The SMILES string of the molecule is CCCCCC(C)(C)c1ncc(F)cn1. The van der Waals surface area contributed by atoms with Gasteiger partial charge in [-0.1, -0.05) is 40.0 Å². The summed E-state index contributed by atoms with van der Waals surface area (Å²) in [6.45, 7) is 6.40. The van der Waals surface area contributed by atoms with Crippen molar-refractivity contribution in [1.29, 1.82) is 0 Å². The van der Waals surface area contributed by atoms with Gasteiger partial charge in [0.2, 0.25) is 0 Å². The highest BCUT2D eigenvalue weighted by atomic mass is 19.1. The van der Waals surface area contributed by atoms with Crippen molar-refractivity contribution in [1.82, 2.24) is 9.97 Å². The third-order valence-electron chi connectivity index (χ3n) is 2.63. The first-order valence-electron chi connectivity index (χ1n) is 5.54. The molecule has 0 aliphatic carbocycles. The molecule has 0 bridgehead atoms. The molecule has 1 heterocycles. The minimum atomic E-state index is -0.372. The van der Waals surface area contributed by atoms with Gasteiger partial charge in [0, 0.05) is 5.41 Å². The van der Waals surface area contributed by atoms with E-state index in [1.807, 2.05) is 0 Å². The van der Waals surface area contributed by atoms with E-state index in [-0.39, 0.29) is 11.2 Å². The molecule has 0 fully saturated rings. The summed E-state index contributed by atoms with van der Waals surface area (Å²) in [5.74, 6) is 0.364. The Hall–Kier alpha value is -0.990. The van der Waals surface area contributed by atoms with Gasteiger partial charge < -0.3 is 0 Å². The second-order valence-electron chi connectivity index (χ2n) is 4.57. The van der Waals surface area contributed by atoms with Crippen molar-refractivity contribution in [3.63, 3.8) is 0 Å².